The molecule has 0 unspecified atom stereocenters. The van der Waals surface area contributed by atoms with Crippen LogP contribution in [0.25, 0.3) is 11.8 Å². The third-order valence-electron chi connectivity index (χ3n) is 3.43. The Morgan fingerprint density at radius 1 is 1.10 bits per heavy atom. The van der Waals surface area contributed by atoms with E-state index in [1.165, 1.54) is 5.56 Å². The molecule has 106 valence electrons. The maximum absolute atomic E-state index is 11.9. The maximum Gasteiger partial charge on any atom is 0.343 e. The molecule has 0 aliphatic carbocycles. The molecule has 1 aromatic carbocycles. The average Bonchev–Trinajstić information content (AvgIpc) is 3.10. The average molecular weight is 280 g/mol. The van der Waals surface area contributed by atoms with Crippen molar-refractivity contribution in [3.63, 3.8) is 0 Å². The molecule has 0 fully saturated rings. The van der Waals surface area contributed by atoms with E-state index in [-0.39, 0.29) is 5.97 Å². The Morgan fingerprint density at radius 3 is 2.48 bits per heavy atom. The fraction of sp³-hybridized carbons (Fsp3) is 0.167. The van der Waals surface area contributed by atoms with Gasteiger partial charge in [0, 0.05) is 5.56 Å². The van der Waals surface area contributed by atoms with Crippen LogP contribution in [0, 0.1) is 0 Å². The number of hydrogen-bond acceptors (Lipinski definition) is 3. The van der Waals surface area contributed by atoms with Crippen molar-refractivity contribution in [2.75, 3.05) is 0 Å². The number of benzene rings is 1. The summed E-state index contributed by atoms with van der Waals surface area (Å²) in [6, 6.07) is 11.6. The van der Waals surface area contributed by atoms with E-state index in [4.69, 9.17) is 9.15 Å². The number of carbonyl (C=O) groups is 1. The molecule has 0 saturated heterocycles. The normalized spacial score (nSPS) is 16.4. The number of rotatable bonds is 3. The number of hydrogen-bond donors (Lipinski definition) is 0. The lowest BCUT2D eigenvalue weighted by atomic mass is 10.0. The molecule has 0 spiro atoms. The highest BCUT2D eigenvalue weighted by Gasteiger charge is 2.22. The Bertz CT molecular complexity index is 701. The molecule has 1 aromatic heterocycles. The van der Waals surface area contributed by atoms with Crippen molar-refractivity contribution in [1.29, 1.82) is 0 Å². The maximum atomic E-state index is 11.9. The molecule has 2 aromatic rings. The lowest BCUT2D eigenvalue weighted by molar-refractivity contribution is -0.130. The highest BCUT2D eigenvalue weighted by atomic mass is 16.5. The monoisotopic (exact) mass is 280 g/mol. The molecule has 0 N–H and O–H groups in total. The Hall–Kier alpha value is -2.55. The predicted octanol–water partition coefficient (Wildman–Crippen LogP) is 4.38. The number of furan rings is 1. The van der Waals surface area contributed by atoms with Gasteiger partial charge in [0.25, 0.3) is 0 Å². The second-order valence-electron chi connectivity index (χ2n) is 5.29. The van der Waals surface area contributed by atoms with Gasteiger partial charge in [0.2, 0.25) is 0 Å². The molecule has 0 bridgehead atoms. The summed E-state index contributed by atoms with van der Waals surface area (Å²) in [4.78, 5) is 11.9. The van der Waals surface area contributed by atoms with Crippen molar-refractivity contribution in [2.45, 2.75) is 19.8 Å². The molecule has 1 aliphatic heterocycles. The Morgan fingerprint density at radius 2 is 1.86 bits per heavy atom. The van der Waals surface area contributed by atoms with Gasteiger partial charge in [-0.2, -0.15) is 0 Å². The van der Waals surface area contributed by atoms with Crippen molar-refractivity contribution < 1.29 is 13.9 Å². The van der Waals surface area contributed by atoms with Gasteiger partial charge < -0.3 is 9.15 Å². The van der Waals surface area contributed by atoms with Crippen LogP contribution in [0.15, 0.2) is 58.7 Å². The highest BCUT2D eigenvalue weighted by Crippen LogP contribution is 2.28. The minimum Gasteiger partial charge on any atom is -0.465 e. The number of ether oxygens (including phenoxy) is 1. The van der Waals surface area contributed by atoms with Gasteiger partial charge in [-0.15, -0.1) is 0 Å². The summed E-state index contributed by atoms with van der Waals surface area (Å²) < 4.78 is 10.5. The second-order valence-corrected chi connectivity index (χ2v) is 5.29. The molecule has 0 saturated carbocycles. The zero-order valence-electron chi connectivity index (χ0n) is 12.0. The first-order valence-corrected chi connectivity index (χ1v) is 6.93. The molecule has 3 heteroatoms. The van der Waals surface area contributed by atoms with E-state index in [9.17, 15) is 4.79 Å². The molecule has 2 heterocycles. The molecule has 1 aliphatic rings. The van der Waals surface area contributed by atoms with Crippen molar-refractivity contribution in [3.05, 3.63) is 71.2 Å². The SMILES string of the molecule is CC(C)c1ccc(C2=CC(=Cc3ccco3)C(=O)O2)cc1. The van der Waals surface area contributed by atoms with Crippen LogP contribution in [0.5, 0.6) is 0 Å². The lowest BCUT2D eigenvalue weighted by Crippen LogP contribution is -1.97. The Balaban J connectivity index is 1.88. The van der Waals surface area contributed by atoms with E-state index >= 15 is 0 Å². The lowest BCUT2D eigenvalue weighted by Gasteiger charge is -2.06. The van der Waals surface area contributed by atoms with Crippen LogP contribution in [-0.2, 0) is 9.53 Å². The van der Waals surface area contributed by atoms with Gasteiger partial charge >= 0.3 is 5.97 Å². The summed E-state index contributed by atoms with van der Waals surface area (Å²) >= 11 is 0. The minimum atomic E-state index is -0.352. The van der Waals surface area contributed by atoms with Gasteiger partial charge in [-0.05, 0) is 35.8 Å². The summed E-state index contributed by atoms with van der Waals surface area (Å²) in [7, 11) is 0. The largest absolute Gasteiger partial charge is 0.465 e. The van der Waals surface area contributed by atoms with Crippen molar-refractivity contribution >= 4 is 17.8 Å². The van der Waals surface area contributed by atoms with Crippen LogP contribution < -0.4 is 0 Å². The fourth-order valence-corrected chi connectivity index (χ4v) is 2.19. The van der Waals surface area contributed by atoms with Gasteiger partial charge in [0.15, 0.2) is 0 Å². The molecular weight excluding hydrogens is 264 g/mol. The Kier molecular flexibility index (Phi) is 3.48. The van der Waals surface area contributed by atoms with E-state index in [1.54, 1.807) is 30.5 Å². The first kappa shape index (κ1) is 13.4. The molecule has 3 rings (SSSR count). The van der Waals surface area contributed by atoms with Crippen LogP contribution in [0.1, 0.15) is 36.7 Å². The van der Waals surface area contributed by atoms with Gasteiger partial charge in [0.05, 0.1) is 11.8 Å². The number of esters is 1. The van der Waals surface area contributed by atoms with Crippen LogP contribution >= 0.6 is 0 Å². The molecular formula is C18H16O3. The van der Waals surface area contributed by atoms with Gasteiger partial charge in [-0.25, -0.2) is 4.79 Å². The summed E-state index contributed by atoms with van der Waals surface area (Å²) in [5, 5.41) is 0. The molecule has 0 atom stereocenters. The van der Waals surface area contributed by atoms with Gasteiger partial charge in [0.1, 0.15) is 11.5 Å². The topological polar surface area (TPSA) is 39.4 Å². The predicted molar refractivity (Wildman–Crippen MR) is 81.3 cm³/mol. The van der Waals surface area contributed by atoms with E-state index in [1.807, 2.05) is 12.1 Å². The van der Waals surface area contributed by atoms with Crippen LogP contribution in [-0.4, -0.2) is 5.97 Å². The summed E-state index contributed by atoms with van der Waals surface area (Å²) in [5.74, 6) is 1.34. The zero-order valence-corrected chi connectivity index (χ0v) is 12.0. The van der Waals surface area contributed by atoms with Crippen LogP contribution in [0.2, 0.25) is 0 Å². The molecule has 3 nitrogen and oxygen atoms in total. The van der Waals surface area contributed by atoms with Crippen molar-refractivity contribution in [3.8, 4) is 0 Å². The van der Waals surface area contributed by atoms with Gasteiger partial charge in [-0.3, -0.25) is 0 Å². The molecule has 21 heavy (non-hydrogen) atoms. The second kappa shape index (κ2) is 5.44. The minimum absolute atomic E-state index is 0.352. The smallest absolute Gasteiger partial charge is 0.343 e. The summed E-state index contributed by atoms with van der Waals surface area (Å²) in [5.41, 5.74) is 2.65. The van der Waals surface area contributed by atoms with Crippen LogP contribution in [0.4, 0.5) is 0 Å². The standard InChI is InChI=1S/C18H16O3/c1-12(2)13-5-7-14(8-6-13)17-11-15(18(19)21-17)10-16-4-3-9-20-16/h3-12H,1-2H3. The van der Waals surface area contributed by atoms with Crippen molar-refractivity contribution in [1.82, 2.24) is 0 Å². The zero-order chi connectivity index (χ0) is 14.8. The number of cyclic esters (lactones) is 1. The summed E-state index contributed by atoms with van der Waals surface area (Å²) in [6.45, 7) is 4.29. The third kappa shape index (κ3) is 2.82. The molecule has 0 radical (unpaired) electrons. The fourth-order valence-electron chi connectivity index (χ4n) is 2.19. The van der Waals surface area contributed by atoms with Gasteiger partial charge in [-0.1, -0.05) is 38.1 Å². The van der Waals surface area contributed by atoms with E-state index in [2.05, 4.69) is 26.0 Å². The first-order valence-electron chi connectivity index (χ1n) is 6.93. The number of carbonyl (C=O) groups excluding carboxylic acids is 1. The third-order valence-corrected chi connectivity index (χ3v) is 3.43. The van der Waals surface area contributed by atoms with Crippen molar-refractivity contribution in [2.24, 2.45) is 0 Å². The van der Waals surface area contributed by atoms with Crippen LogP contribution in [0.3, 0.4) is 0 Å². The quantitative estimate of drug-likeness (QED) is 0.618. The van der Waals surface area contributed by atoms with E-state index < -0.39 is 0 Å². The van der Waals surface area contributed by atoms with E-state index in [0.29, 0.717) is 23.0 Å². The Labute approximate surface area is 123 Å². The molecule has 0 amide bonds. The van der Waals surface area contributed by atoms with E-state index in [0.717, 1.165) is 5.56 Å². The highest BCUT2D eigenvalue weighted by molar-refractivity contribution is 6.04. The summed E-state index contributed by atoms with van der Waals surface area (Å²) in [6.07, 6.45) is 5.00. The first-order chi connectivity index (χ1) is 10.1.